The van der Waals surface area contributed by atoms with Crippen LogP contribution in [0.2, 0.25) is 0 Å². The monoisotopic (exact) mass is 354 g/mol. The molecular weight excluding hydrogens is 344 g/mol. The molecule has 21 heavy (non-hydrogen) atoms. The molecular formula is C12H11BrN4O4. The molecule has 2 aromatic rings. The molecule has 1 N–H and O–H groups in total. The van der Waals surface area contributed by atoms with Crippen molar-refractivity contribution >= 4 is 27.6 Å². The summed E-state index contributed by atoms with van der Waals surface area (Å²) < 4.78 is 1.88. The Morgan fingerprint density at radius 1 is 1.52 bits per heavy atom. The third-order valence-electron chi connectivity index (χ3n) is 2.99. The molecule has 110 valence electrons. The normalized spacial score (nSPS) is 10.6. The topological polar surface area (TPSA) is 111 Å². The molecule has 2 rings (SSSR count). The van der Waals surface area contributed by atoms with Crippen molar-refractivity contribution in [2.75, 3.05) is 0 Å². The molecule has 0 saturated heterocycles. The molecule has 0 amide bonds. The van der Waals surface area contributed by atoms with Gasteiger partial charge in [-0.1, -0.05) is 12.1 Å². The highest BCUT2D eigenvalue weighted by atomic mass is 79.9. The van der Waals surface area contributed by atoms with Gasteiger partial charge in [0, 0.05) is 16.1 Å². The Balaban J connectivity index is 2.70. The van der Waals surface area contributed by atoms with Crippen molar-refractivity contribution in [2.24, 2.45) is 0 Å². The van der Waals surface area contributed by atoms with Crippen molar-refractivity contribution in [3.63, 3.8) is 0 Å². The predicted molar refractivity (Wildman–Crippen MR) is 76.8 cm³/mol. The van der Waals surface area contributed by atoms with E-state index >= 15 is 0 Å². The number of aryl methyl sites for hydroxylation is 1. The van der Waals surface area contributed by atoms with Crippen LogP contribution in [-0.4, -0.2) is 31.0 Å². The van der Waals surface area contributed by atoms with Gasteiger partial charge in [0.1, 0.15) is 0 Å². The van der Waals surface area contributed by atoms with Gasteiger partial charge in [-0.25, -0.2) is 9.48 Å². The van der Waals surface area contributed by atoms with Crippen LogP contribution < -0.4 is 0 Å². The van der Waals surface area contributed by atoms with Crippen LogP contribution >= 0.6 is 15.9 Å². The van der Waals surface area contributed by atoms with E-state index in [4.69, 9.17) is 5.11 Å². The first-order valence-electron chi connectivity index (χ1n) is 5.99. The van der Waals surface area contributed by atoms with Crippen LogP contribution in [0.3, 0.4) is 0 Å². The first-order chi connectivity index (χ1) is 9.86. The van der Waals surface area contributed by atoms with Crippen LogP contribution in [0, 0.1) is 17.0 Å². The van der Waals surface area contributed by atoms with E-state index in [1.165, 1.54) is 10.7 Å². The summed E-state index contributed by atoms with van der Waals surface area (Å²) in [4.78, 5) is 21.6. The van der Waals surface area contributed by atoms with Gasteiger partial charge in [0.2, 0.25) is 0 Å². The number of nitrogens with zero attached hydrogens (tertiary/aromatic N) is 4. The maximum absolute atomic E-state index is 11.1. The molecule has 1 aromatic heterocycles. The van der Waals surface area contributed by atoms with E-state index in [-0.39, 0.29) is 11.4 Å². The van der Waals surface area contributed by atoms with Crippen LogP contribution in [-0.2, 0) is 6.42 Å². The number of benzene rings is 1. The number of rotatable bonds is 4. The Hall–Kier alpha value is -2.29. The van der Waals surface area contributed by atoms with E-state index in [1.54, 1.807) is 19.9 Å². The molecule has 9 heteroatoms. The van der Waals surface area contributed by atoms with E-state index < -0.39 is 10.9 Å². The summed E-state index contributed by atoms with van der Waals surface area (Å²) in [6, 6.07) is 2.94. The number of aromatic nitrogens is 3. The largest absolute Gasteiger partial charge is 0.476 e. The molecule has 0 spiro atoms. The first kappa shape index (κ1) is 15.1. The molecule has 0 radical (unpaired) electrons. The Morgan fingerprint density at radius 3 is 2.71 bits per heavy atom. The zero-order valence-electron chi connectivity index (χ0n) is 11.2. The average molecular weight is 355 g/mol. The van der Waals surface area contributed by atoms with Gasteiger partial charge in [-0.15, -0.1) is 5.10 Å². The standard InChI is InChI=1S/C12H11BrN4O4/c1-3-8-11(12(18)19)14-15-16(8)10-5-9(17(20)21)6(2)4-7(10)13/h4-5H,3H2,1-2H3,(H,18,19). The third-order valence-corrected chi connectivity index (χ3v) is 3.63. The van der Waals surface area contributed by atoms with E-state index in [2.05, 4.69) is 26.2 Å². The zero-order chi connectivity index (χ0) is 15.7. The molecule has 0 aliphatic heterocycles. The van der Waals surface area contributed by atoms with E-state index in [1.807, 2.05) is 0 Å². The lowest BCUT2D eigenvalue weighted by molar-refractivity contribution is -0.385. The number of carbonyl (C=O) groups is 1. The van der Waals surface area contributed by atoms with Gasteiger partial charge in [-0.05, 0) is 35.3 Å². The van der Waals surface area contributed by atoms with Crippen molar-refractivity contribution in [3.05, 3.63) is 43.7 Å². The van der Waals surface area contributed by atoms with Crippen LogP contribution in [0.25, 0.3) is 5.69 Å². The van der Waals surface area contributed by atoms with Crippen LogP contribution in [0.4, 0.5) is 5.69 Å². The smallest absolute Gasteiger partial charge is 0.358 e. The summed E-state index contributed by atoms with van der Waals surface area (Å²) in [5, 5.41) is 27.5. The van der Waals surface area contributed by atoms with E-state index in [0.29, 0.717) is 27.8 Å². The minimum Gasteiger partial charge on any atom is -0.476 e. The fourth-order valence-electron chi connectivity index (χ4n) is 1.99. The molecule has 8 nitrogen and oxygen atoms in total. The maximum atomic E-state index is 11.1. The Bertz CT molecular complexity index is 741. The number of hydrogen-bond acceptors (Lipinski definition) is 5. The molecule has 0 unspecified atom stereocenters. The number of carboxylic acid groups (broad SMARTS) is 1. The summed E-state index contributed by atoms with van der Waals surface area (Å²) >= 11 is 3.32. The fourth-order valence-corrected chi connectivity index (χ4v) is 2.61. The second-order valence-corrected chi connectivity index (χ2v) is 5.16. The van der Waals surface area contributed by atoms with Crippen molar-refractivity contribution in [2.45, 2.75) is 20.3 Å². The molecule has 0 aliphatic carbocycles. The van der Waals surface area contributed by atoms with Crippen molar-refractivity contribution in [3.8, 4) is 5.69 Å². The maximum Gasteiger partial charge on any atom is 0.358 e. The Labute approximate surface area is 127 Å². The molecule has 0 bridgehead atoms. The summed E-state index contributed by atoms with van der Waals surface area (Å²) in [7, 11) is 0. The van der Waals surface area contributed by atoms with Crippen molar-refractivity contribution < 1.29 is 14.8 Å². The molecule has 0 atom stereocenters. The van der Waals surface area contributed by atoms with Crippen molar-refractivity contribution in [1.82, 2.24) is 15.0 Å². The summed E-state index contributed by atoms with van der Waals surface area (Å²) in [5.74, 6) is -1.18. The van der Waals surface area contributed by atoms with E-state index in [9.17, 15) is 14.9 Å². The lowest BCUT2D eigenvalue weighted by atomic mass is 10.1. The van der Waals surface area contributed by atoms with Gasteiger partial charge in [0.05, 0.1) is 16.3 Å². The minimum absolute atomic E-state index is 0.0670. The molecule has 1 aromatic carbocycles. The van der Waals surface area contributed by atoms with Crippen LogP contribution in [0.1, 0.15) is 28.7 Å². The highest BCUT2D eigenvalue weighted by Gasteiger charge is 2.22. The van der Waals surface area contributed by atoms with Gasteiger partial charge in [0.25, 0.3) is 5.69 Å². The summed E-state index contributed by atoms with van der Waals surface area (Å²) in [5.41, 5.74) is 1.02. The number of carboxylic acids is 1. The van der Waals surface area contributed by atoms with Gasteiger partial charge < -0.3 is 5.11 Å². The zero-order valence-corrected chi connectivity index (χ0v) is 12.8. The van der Waals surface area contributed by atoms with Crippen LogP contribution in [0.15, 0.2) is 16.6 Å². The summed E-state index contributed by atoms with van der Waals surface area (Å²) in [6.45, 7) is 3.38. The average Bonchev–Trinajstić information content (AvgIpc) is 2.81. The second kappa shape index (κ2) is 5.60. The van der Waals surface area contributed by atoms with Gasteiger partial charge in [-0.2, -0.15) is 0 Å². The number of aromatic carboxylic acids is 1. The summed E-state index contributed by atoms with van der Waals surface area (Å²) in [6.07, 6.45) is 0.378. The number of hydrogen-bond donors (Lipinski definition) is 1. The highest BCUT2D eigenvalue weighted by Crippen LogP contribution is 2.30. The quantitative estimate of drug-likeness (QED) is 0.666. The Morgan fingerprint density at radius 2 is 2.19 bits per heavy atom. The third kappa shape index (κ3) is 2.64. The Kier molecular flexibility index (Phi) is 4.03. The van der Waals surface area contributed by atoms with Gasteiger partial charge in [-0.3, -0.25) is 10.1 Å². The van der Waals surface area contributed by atoms with E-state index in [0.717, 1.165) is 0 Å². The first-order valence-corrected chi connectivity index (χ1v) is 6.78. The number of nitro benzene ring substituents is 1. The van der Waals surface area contributed by atoms with Crippen LogP contribution in [0.5, 0.6) is 0 Å². The predicted octanol–water partition coefficient (Wildman–Crippen LogP) is 2.51. The fraction of sp³-hybridized carbons (Fsp3) is 0.250. The number of nitro groups is 1. The lowest BCUT2D eigenvalue weighted by Crippen LogP contribution is -2.07. The highest BCUT2D eigenvalue weighted by molar-refractivity contribution is 9.10. The van der Waals surface area contributed by atoms with Crippen molar-refractivity contribution in [1.29, 1.82) is 0 Å². The number of halogens is 1. The minimum atomic E-state index is -1.18. The van der Waals surface area contributed by atoms with Gasteiger partial charge in [0.15, 0.2) is 5.69 Å². The molecule has 0 fully saturated rings. The molecule has 1 heterocycles. The molecule has 0 saturated carbocycles. The second-order valence-electron chi connectivity index (χ2n) is 4.30. The van der Waals surface area contributed by atoms with Gasteiger partial charge >= 0.3 is 5.97 Å². The molecule has 0 aliphatic rings. The SMILES string of the molecule is CCc1c(C(=O)O)nnn1-c1cc([N+](=O)[O-])c(C)cc1Br. The lowest BCUT2D eigenvalue weighted by Gasteiger charge is -2.09.